The van der Waals surface area contributed by atoms with Crippen molar-refractivity contribution in [2.75, 3.05) is 6.54 Å². The second kappa shape index (κ2) is 5.15. The van der Waals surface area contributed by atoms with Gasteiger partial charge in [0.1, 0.15) is 5.54 Å². The molecule has 2 aromatic rings. The Morgan fingerprint density at radius 1 is 1.38 bits per heavy atom. The zero-order chi connectivity index (χ0) is 15.0. The van der Waals surface area contributed by atoms with E-state index in [1.54, 1.807) is 4.90 Å². The minimum Gasteiger partial charge on any atom is -0.479 e. The molecule has 1 aliphatic rings. The third-order valence-electron chi connectivity index (χ3n) is 4.35. The van der Waals surface area contributed by atoms with Gasteiger partial charge in [0, 0.05) is 11.2 Å². The lowest BCUT2D eigenvalue weighted by Crippen LogP contribution is -2.52. The van der Waals surface area contributed by atoms with Crippen molar-refractivity contribution in [3.05, 3.63) is 35.2 Å². The van der Waals surface area contributed by atoms with Gasteiger partial charge in [-0.25, -0.2) is 4.79 Å². The minimum absolute atomic E-state index is 0.155. The summed E-state index contributed by atoms with van der Waals surface area (Å²) in [7, 11) is 0. The molecule has 1 saturated heterocycles. The molecule has 0 spiro atoms. The second-order valence-corrected chi connectivity index (χ2v) is 6.48. The summed E-state index contributed by atoms with van der Waals surface area (Å²) in [6.07, 6.45) is 1.73. The number of fused-ring (bicyclic) bond motifs is 1. The van der Waals surface area contributed by atoms with Gasteiger partial charge in [0.2, 0.25) is 0 Å². The highest BCUT2D eigenvalue weighted by molar-refractivity contribution is 7.20. The van der Waals surface area contributed by atoms with Crippen molar-refractivity contribution in [1.82, 2.24) is 4.90 Å². The number of hydrogen-bond donors (Lipinski definition) is 1. The van der Waals surface area contributed by atoms with Crippen LogP contribution in [0.25, 0.3) is 10.1 Å². The number of benzene rings is 1. The predicted octanol–water partition coefficient (Wildman–Crippen LogP) is 3.37. The summed E-state index contributed by atoms with van der Waals surface area (Å²) in [4.78, 5) is 26.6. The smallest absolute Gasteiger partial charge is 0.329 e. The van der Waals surface area contributed by atoms with Gasteiger partial charge in [0.25, 0.3) is 5.91 Å². The maximum atomic E-state index is 12.8. The number of nitrogens with zero attached hydrogens (tertiary/aromatic N) is 1. The van der Waals surface area contributed by atoms with E-state index in [9.17, 15) is 14.7 Å². The number of carboxylic acids is 1. The standard InChI is InChI=1S/C16H17NO3S/c1-2-16(15(19)20)8-5-9-17(16)14(18)13-10-11-6-3-4-7-12(11)21-13/h3-4,6-7,10H,2,5,8-9H2,1H3,(H,19,20). The number of thiophene rings is 1. The number of rotatable bonds is 3. The third kappa shape index (κ3) is 2.12. The summed E-state index contributed by atoms with van der Waals surface area (Å²) < 4.78 is 1.05. The van der Waals surface area contributed by atoms with Crippen molar-refractivity contribution in [2.24, 2.45) is 0 Å². The summed E-state index contributed by atoms with van der Waals surface area (Å²) in [5, 5.41) is 10.6. The van der Waals surface area contributed by atoms with Gasteiger partial charge in [-0.05, 0) is 36.8 Å². The highest BCUT2D eigenvalue weighted by atomic mass is 32.1. The molecule has 110 valence electrons. The van der Waals surface area contributed by atoms with Gasteiger partial charge in [-0.2, -0.15) is 0 Å². The minimum atomic E-state index is -1.03. The van der Waals surface area contributed by atoms with Crippen LogP contribution in [0.5, 0.6) is 0 Å². The Morgan fingerprint density at radius 3 is 2.81 bits per heavy atom. The van der Waals surface area contributed by atoms with Crippen molar-refractivity contribution in [3.8, 4) is 0 Å². The molecule has 2 heterocycles. The molecule has 5 heteroatoms. The largest absolute Gasteiger partial charge is 0.479 e. The van der Waals surface area contributed by atoms with Crippen LogP contribution >= 0.6 is 11.3 Å². The van der Waals surface area contributed by atoms with Crippen LogP contribution in [0.1, 0.15) is 35.9 Å². The van der Waals surface area contributed by atoms with Crippen molar-refractivity contribution >= 4 is 33.3 Å². The lowest BCUT2D eigenvalue weighted by atomic mass is 9.93. The highest BCUT2D eigenvalue weighted by Gasteiger charge is 2.48. The molecular formula is C16H17NO3S. The van der Waals surface area contributed by atoms with E-state index < -0.39 is 11.5 Å². The normalized spacial score (nSPS) is 21.9. The summed E-state index contributed by atoms with van der Waals surface area (Å²) >= 11 is 1.43. The molecule has 21 heavy (non-hydrogen) atoms. The summed E-state index contributed by atoms with van der Waals surface area (Å²) in [6, 6.07) is 9.69. The first-order valence-corrected chi connectivity index (χ1v) is 7.94. The molecule has 1 unspecified atom stereocenters. The molecule has 4 nitrogen and oxygen atoms in total. The average Bonchev–Trinajstić information content (AvgIpc) is 3.10. The van der Waals surface area contributed by atoms with E-state index in [2.05, 4.69) is 0 Å². The maximum absolute atomic E-state index is 12.8. The van der Waals surface area contributed by atoms with Crippen molar-refractivity contribution in [3.63, 3.8) is 0 Å². The van der Waals surface area contributed by atoms with Gasteiger partial charge in [-0.1, -0.05) is 25.1 Å². The highest BCUT2D eigenvalue weighted by Crippen LogP contribution is 2.36. The fourth-order valence-corrected chi connectivity index (χ4v) is 4.15. The molecule has 1 fully saturated rings. The Bertz CT molecular complexity index is 675. The van der Waals surface area contributed by atoms with Gasteiger partial charge in [-0.15, -0.1) is 11.3 Å². The topological polar surface area (TPSA) is 57.6 Å². The van der Waals surface area contributed by atoms with Crippen LogP contribution in [0.2, 0.25) is 0 Å². The second-order valence-electron chi connectivity index (χ2n) is 5.40. The molecule has 1 N–H and O–H groups in total. The number of amides is 1. The fourth-order valence-electron chi connectivity index (χ4n) is 3.14. The SMILES string of the molecule is CCC1(C(=O)O)CCCN1C(=O)c1cc2ccccc2s1. The number of likely N-dealkylation sites (tertiary alicyclic amines) is 1. The van der Waals surface area contributed by atoms with Gasteiger partial charge >= 0.3 is 5.97 Å². The molecule has 3 rings (SSSR count). The maximum Gasteiger partial charge on any atom is 0.329 e. The molecule has 1 aromatic heterocycles. The summed E-state index contributed by atoms with van der Waals surface area (Å²) in [5.41, 5.74) is -1.03. The van der Waals surface area contributed by atoms with E-state index in [0.717, 1.165) is 16.5 Å². The fraction of sp³-hybridized carbons (Fsp3) is 0.375. The van der Waals surface area contributed by atoms with Crippen molar-refractivity contribution in [2.45, 2.75) is 31.7 Å². The van der Waals surface area contributed by atoms with E-state index in [1.807, 2.05) is 37.3 Å². The van der Waals surface area contributed by atoms with E-state index in [0.29, 0.717) is 24.3 Å². The summed E-state index contributed by atoms with van der Waals surface area (Å²) in [5.74, 6) is -1.05. The quantitative estimate of drug-likeness (QED) is 0.945. The van der Waals surface area contributed by atoms with Crippen LogP contribution in [0.15, 0.2) is 30.3 Å². The first-order chi connectivity index (χ1) is 10.1. The molecule has 1 atom stereocenters. The van der Waals surface area contributed by atoms with Gasteiger partial charge in [0.05, 0.1) is 4.88 Å². The Hall–Kier alpha value is -1.88. The first-order valence-electron chi connectivity index (χ1n) is 7.12. The number of hydrogen-bond acceptors (Lipinski definition) is 3. The lowest BCUT2D eigenvalue weighted by Gasteiger charge is -2.33. The van der Waals surface area contributed by atoms with Gasteiger partial charge in [-0.3, -0.25) is 4.79 Å². The molecule has 0 aliphatic carbocycles. The van der Waals surface area contributed by atoms with E-state index in [1.165, 1.54) is 11.3 Å². The zero-order valence-corrected chi connectivity index (χ0v) is 12.7. The first kappa shape index (κ1) is 14.1. The van der Waals surface area contributed by atoms with Crippen LogP contribution in [0.4, 0.5) is 0 Å². The lowest BCUT2D eigenvalue weighted by molar-refractivity contribution is -0.148. The van der Waals surface area contributed by atoms with Crippen molar-refractivity contribution in [1.29, 1.82) is 0 Å². The van der Waals surface area contributed by atoms with Crippen LogP contribution < -0.4 is 0 Å². The van der Waals surface area contributed by atoms with Crippen LogP contribution in [-0.2, 0) is 4.79 Å². The molecule has 0 bridgehead atoms. The number of aliphatic carboxylic acids is 1. The predicted molar refractivity (Wildman–Crippen MR) is 82.8 cm³/mol. The Kier molecular flexibility index (Phi) is 3.45. The Morgan fingerprint density at radius 2 is 2.14 bits per heavy atom. The molecule has 0 radical (unpaired) electrons. The molecular weight excluding hydrogens is 286 g/mol. The number of carboxylic acid groups (broad SMARTS) is 1. The molecule has 1 aromatic carbocycles. The summed E-state index contributed by atoms with van der Waals surface area (Å²) in [6.45, 7) is 2.36. The average molecular weight is 303 g/mol. The molecule has 1 amide bonds. The van der Waals surface area contributed by atoms with Crippen molar-refractivity contribution < 1.29 is 14.7 Å². The van der Waals surface area contributed by atoms with E-state index in [-0.39, 0.29) is 5.91 Å². The van der Waals surface area contributed by atoms with Crippen LogP contribution in [0.3, 0.4) is 0 Å². The molecule has 1 aliphatic heterocycles. The number of carbonyl (C=O) groups excluding carboxylic acids is 1. The van der Waals surface area contributed by atoms with E-state index >= 15 is 0 Å². The molecule has 0 saturated carbocycles. The third-order valence-corrected chi connectivity index (χ3v) is 5.46. The zero-order valence-electron chi connectivity index (χ0n) is 11.8. The van der Waals surface area contributed by atoms with Gasteiger partial charge < -0.3 is 10.0 Å². The van der Waals surface area contributed by atoms with Gasteiger partial charge in [0.15, 0.2) is 0 Å². The van der Waals surface area contributed by atoms with Crippen LogP contribution in [-0.4, -0.2) is 34.0 Å². The monoisotopic (exact) mass is 303 g/mol. The number of carbonyl (C=O) groups is 2. The van der Waals surface area contributed by atoms with Crippen LogP contribution in [0, 0.1) is 0 Å². The Labute approximate surface area is 127 Å². The van der Waals surface area contributed by atoms with E-state index in [4.69, 9.17) is 0 Å². The Balaban J connectivity index is 1.99.